The van der Waals surface area contributed by atoms with Gasteiger partial charge in [0.25, 0.3) is 0 Å². The molecule has 0 aliphatic carbocycles. The van der Waals surface area contributed by atoms with Crippen molar-refractivity contribution >= 4 is 6.03 Å². The summed E-state index contributed by atoms with van der Waals surface area (Å²) in [6.07, 6.45) is 1.29. The molecule has 1 rings (SSSR count). The van der Waals surface area contributed by atoms with Gasteiger partial charge in [0.05, 0.1) is 6.10 Å². The molecule has 0 spiro atoms. The van der Waals surface area contributed by atoms with E-state index in [4.69, 9.17) is 5.73 Å². The van der Waals surface area contributed by atoms with Crippen LogP contribution in [0.3, 0.4) is 0 Å². The standard InChI is InChI=1S/C8H16N2O2/c1-2-6-5-10(8(9)12)4-3-7(6)11/h6-7,11H,2-5H2,1H3,(H2,9,12). The maximum absolute atomic E-state index is 10.8. The van der Waals surface area contributed by atoms with Crippen molar-refractivity contribution in [2.75, 3.05) is 13.1 Å². The molecule has 3 N–H and O–H groups in total. The number of amides is 2. The summed E-state index contributed by atoms with van der Waals surface area (Å²) in [6, 6.07) is -0.375. The molecule has 2 unspecified atom stereocenters. The highest BCUT2D eigenvalue weighted by Crippen LogP contribution is 2.19. The smallest absolute Gasteiger partial charge is 0.314 e. The highest BCUT2D eigenvalue weighted by atomic mass is 16.3. The molecule has 1 aliphatic rings. The number of carbonyl (C=O) groups excluding carboxylic acids is 1. The molecular weight excluding hydrogens is 156 g/mol. The van der Waals surface area contributed by atoms with E-state index < -0.39 is 0 Å². The molecular formula is C8H16N2O2. The van der Waals surface area contributed by atoms with Crippen LogP contribution in [-0.4, -0.2) is 35.2 Å². The molecule has 1 aliphatic heterocycles. The lowest BCUT2D eigenvalue weighted by Crippen LogP contribution is -2.47. The van der Waals surface area contributed by atoms with Crippen LogP contribution in [0.2, 0.25) is 0 Å². The second-order valence-corrected chi connectivity index (χ2v) is 3.31. The van der Waals surface area contributed by atoms with Gasteiger partial charge in [-0.2, -0.15) is 0 Å². The van der Waals surface area contributed by atoms with Crippen LogP contribution in [0.15, 0.2) is 0 Å². The van der Waals surface area contributed by atoms with Crippen molar-refractivity contribution in [1.82, 2.24) is 4.90 Å². The van der Waals surface area contributed by atoms with Crippen molar-refractivity contribution < 1.29 is 9.90 Å². The van der Waals surface area contributed by atoms with Crippen LogP contribution in [0.1, 0.15) is 19.8 Å². The van der Waals surface area contributed by atoms with Crippen molar-refractivity contribution in [2.45, 2.75) is 25.9 Å². The lowest BCUT2D eigenvalue weighted by atomic mass is 9.93. The molecule has 0 radical (unpaired) electrons. The lowest BCUT2D eigenvalue weighted by Gasteiger charge is -2.34. The zero-order valence-electron chi connectivity index (χ0n) is 7.36. The first-order valence-corrected chi connectivity index (χ1v) is 4.37. The van der Waals surface area contributed by atoms with Crippen LogP contribution >= 0.6 is 0 Å². The molecule has 12 heavy (non-hydrogen) atoms. The molecule has 1 fully saturated rings. The fraction of sp³-hybridized carbons (Fsp3) is 0.875. The largest absolute Gasteiger partial charge is 0.393 e. The molecule has 4 nitrogen and oxygen atoms in total. The maximum atomic E-state index is 10.8. The van der Waals surface area contributed by atoms with Crippen molar-refractivity contribution in [1.29, 1.82) is 0 Å². The Hall–Kier alpha value is -0.770. The average Bonchev–Trinajstić information content (AvgIpc) is 2.05. The highest BCUT2D eigenvalue weighted by Gasteiger charge is 2.27. The fourth-order valence-corrected chi connectivity index (χ4v) is 1.62. The number of likely N-dealkylation sites (tertiary alicyclic amines) is 1. The zero-order chi connectivity index (χ0) is 9.14. The molecule has 0 aromatic carbocycles. The Kier molecular flexibility index (Phi) is 2.92. The molecule has 70 valence electrons. The van der Waals surface area contributed by atoms with Crippen LogP contribution < -0.4 is 5.73 Å². The van der Waals surface area contributed by atoms with Gasteiger partial charge in [0.1, 0.15) is 0 Å². The molecule has 1 saturated heterocycles. The molecule has 0 aromatic heterocycles. The van der Waals surface area contributed by atoms with E-state index in [0.29, 0.717) is 19.5 Å². The Morgan fingerprint density at radius 1 is 1.75 bits per heavy atom. The molecule has 4 heteroatoms. The summed E-state index contributed by atoms with van der Waals surface area (Å²) in [4.78, 5) is 12.4. The zero-order valence-corrected chi connectivity index (χ0v) is 7.36. The van der Waals surface area contributed by atoms with E-state index in [1.807, 2.05) is 6.92 Å². The van der Waals surface area contributed by atoms with Crippen molar-refractivity contribution in [3.8, 4) is 0 Å². The number of primary amides is 1. The second-order valence-electron chi connectivity index (χ2n) is 3.31. The number of piperidine rings is 1. The third kappa shape index (κ3) is 1.88. The Balaban J connectivity index is 2.49. The van der Waals surface area contributed by atoms with Crippen molar-refractivity contribution in [3.63, 3.8) is 0 Å². The minimum absolute atomic E-state index is 0.200. The first-order valence-electron chi connectivity index (χ1n) is 4.37. The van der Waals surface area contributed by atoms with Gasteiger partial charge in [-0.25, -0.2) is 4.79 Å². The first-order chi connectivity index (χ1) is 5.65. The van der Waals surface area contributed by atoms with Crippen LogP contribution in [0.25, 0.3) is 0 Å². The summed E-state index contributed by atoms with van der Waals surface area (Å²) in [7, 11) is 0. The number of aliphatic hydroxyl groups excluding tert-OH is 1. The van der Waals surface area contributed by atoms with E-state index in [1.54, 1.807) is 4.90 Å². The van der Waals surface area contributed by atoms with E-state index in [9.17, 15) is 9.90 Å². The fourth-order valence-electron chi connectivity index (χ4n) is 1.62. The molecule has 0 aromatic rings. The van der Waals surface area contributed by atoms with Crippen LogP contribution in [0, 0.1) is 5.92 Å². The highest BCUT2D eigenvalue weighted by molar-refractivity contribution is 5.72. The summed E-state index contributed by atoms with van der Waals surface area (Å²) in [6.45, 7) is 3.21. The van der Waals surface area contributed by atoms with Crippen LogP contribution in [-0.2, 0) is 0 Å². The number of aliphatic hydroxyl groups is 1. The van der Waals surface area contributed by atoms with Crippen molar-refractivity contribution in [3.05, 3.63) is 0 Å². The Bertz CT molecular complexity index is 172. The Labute approximate surface area is 72.3 Å². The summed E-state index contributed by atoms with van der Waals surface area (Å²) in [5.41, 5.74) is 5.13. The third-order valence-corrected chi connectivity index (χ3v) is 2.53. The number of carbonyl (C=O) groups is 1. The first kappa shape index (κ1) is 9.32. The maximum Gasteiger partial charge on any atom is 0.314 e. The van der Waals surface area contributed by atoms with E-state index in [0.717, 1.165) is 6.42 Å². The van der Waals surface area contributed by atoms with Crippen molar-refractivity contribution in [2.24, 2.45) is 11.7 Å². The van der Waals surface area contributed by atoms with Gasteiger partial charge < -0.3 is 15.7 Å². The minimum Gasteiger partial charge on any atom is -0.393 e. The molecule has 0 saturated carbocycles. The number of urea groups is 1. The van der Waals surface area contributed by atoms with Gasteiger partial charge in [-0.3, -0.25) is 0 Å². The Morgan fingerprint density at radius 3 is 2.92 bits per heavy atom. The molecule has 0 bridgehead atoms. The van der Waals surface area contributed by atoms with E-state index >= 15 is 0 Å². The summed E-state index contributed by atoms with van der Waals surface area (Å²) >= 11 is 0. The number of hydrogen-bond acceptors (Lipinski definition) is 2. The third-order valence-electron chi connectivity index (χ3n) is 2.53. The van der Waals surface area contributed by atoms with Gasteiger partial charge in [-0.1, -0.05) is 6.92 Å². The summed E-state index contributed by atoms with van der Waals surface area (Å²) < 4.78 is 0. The van der Waals surface area contributed by atoms with Gasteiger partial charge >= 0.3 is 6.03 Å². The lowest BCUT2D eigenvalue weighted by molar-refractivity contribution is 0.0398. The predicted molar refractivity (Wildman–Crippen MR) is 45.6 cm³/mol. The monoisotopic (exact) mass is 172 g/mol. The van der Waals surface area contributed by atoms with Gasteiger partial charge in [0.15, 0.2) is 0 Å². The topological polar surface area (TPSA) is 66.6 Å². The minimum atomic E-state index is -0.375. The molecule has 2 atom stereocenters. The average molecular weight is 172 g/mol. The van der Waals surface area contributed by atoms with Crippen LogP contribution in [0.4, 0.5) is 4.79 Å². The SMILES string of the molecule is CCC1CN(C(N)=O)CCC1O. The Morgan fingerprint density at radius 2 is 2.42 bits per heavy atom. The number of nitrogens with two attached hydrogens (primary N) is 1. The van der Waals surface area contributed by atoms with Crippen LogP contribution in [0.5, 0.6) is 0 Å². The number of rotatable bonds is 1. The second kappa shape index (κ2) is 3.76. The van der Waals surface area contributed by atoms with Gasteiger partial charge in [0.2, 0.25) is 0 Å². The normalized spacial score (nSPS) is 30.3. The quantitative estimate of drug-likeness (QED) is 0.591. The number of hydrogen-bond donors (Lipinski definition) is 2. The van der Waals surface area contributed by atoms with Gasteiger partial charge in [-0.05, 0) is 12.8 Å². The molecule has 1 heterocycles. The van der Waals surface area contributed by atoms with Gasteiger partial charge in [0, 0.05) is 19.0 Å². The molecule has 2 amide bonds. The summed E-state index contributed by atoms with van der Waals surface area (Å²) in [5.74, 6) is 0.200. The van der Waals surface area contributed by atoms with E-state index in [1.165, 1.54) is 0 Å². The van der Waals surface area contributed by atoms with E-state index in [-0.39, 0.29) is 18.1 Å². The van der Waals surface area contributed by atoms with Gasteiger partial charge in [-0.15, -0.1) is 0 Å². The predicted octanol–water partition coefficient (Wildman–Crippen LogP) is 0.158. The van der Waals surface area contributed by atoms with E-state index in [2.05, 4.69) is 0 Å². The number of nitrogens with zero attached hydrogens (tertiary/aromatic N) is 1. The summed E-state index contributed by atoms with van der Waals surface area (Å²) in [5, 5.41) is 9.49.